The first-order chi connectivity index (χ1) is 15.3. The average molecular weight is 442 g/mol. The highest BCUT2D eigenvalue weighted by atomic mass is 19.1. The van der Waals surface area contributed by atoms with E-state index in [1.165, 1.54) is 24.1 Å². The molecule has 0 spiro atoms. The zero-order valence-corrected chi connectivity index (χ0v) is 18.6. The highest BCUT2D eigenvalue weighted by Gasteiger charge is 2.45. The third kappa shape index (κ3) is 4.60. The number of Topliss-reactive ketones (excluding diaryl/α,β-unsaturated/α-hetero) is 1. The molecule has 0 bridgehead atoms. The molecule has 1 saturated heterocycles. The first-order valence-corrected chi connectivity index (χ1v) is 10.2. The Balaban J connectivity index is 2.10. The summed E-state index contributed by atoms with van der Waals surface area (Å²) in [6.45, 7) is 1.05. The van der Waals surface area contributed by atoms with Crippen LogP contribution >= 0.6 is 0 Å². The third-order valence-electron chi connectivity index (χ3n) is 5.40. The predicted molar refractivity (Wildman–Crippen MR) is 118 cm³/mol. The number of ketones is 1. The van der Waals surface area contributed by atoms with Crippen LogP contribution in [0.1, 0.15) is 23.6 Å². The van der Waals surface area contributed by atoms with Crippen LogP contribution in [0.3, 0.4) is 0 Å². The molecular formula is C24H27FN2O5. The number of benzene rings is 2. The monoisotopic (exact) mass is 442 g/mol. The molecule has 0 saturated carbocycles. The van der Waals surface area contributed by atoms with Gasteiger partial charge in [-0.2, -0.15) is 0 Å². The molecule has 1 unspecified atom stereocenters. The number of aliphatic hydroxyl groups excluding tert-OH is 1. The van der Waals surface area contributed by atoms with Crippen molar-refractivity contribution >= 4 is 17.4 Å². The fourth-order valence-electron chi connectivity index (χ4n) is 3.77. The summed E-state index contributed by atoms with van der Waals surface area (Å²) in [5.41, 5.74) is 0.660. The quantitative estimate of drug-likeness (QED) is 0.384. The van der Waals surface area contributed by atoms with Gasteiger partial charge in [-0.1, -0.05) is 12.1 Å². The van der Waals surface area contributed by atoms with E-state index in [1.807, 2.05) is 19.0 Å². The third-order valence-corrected chi connectivity index (χ3v) is 5.40. The van der Waals surface area contributed by atoms with Gasteiger partial charge in [-0.25, -0.2) is 4.39 Å². The Morgan fingerprint density at radius 3 is 2.34 bits per heavy atom. The second-order valence-corrected chi connectivity index (χ2v) is 7.77. The molecule has 1 atom stereocenters. The number of ether oxygens (including phenoxy) is 2. The van der Waals surface area contributed by atoms with Crippen molar-refractivity contribution in [2.75, 3.05) is 41.4 Å². The lowest BCUT2D eigenvalue weighted by Gasteiger charge is -2.26. The van der Waals surface area contributed by atoms with Crippen LogP contribution in [-0.2, 0) is 9.59 Å². The molecule has 1 aliphatic rings. The predicted octanol–water partition coefficient (Wildman–Crippen LogP) is 3.22. The van der Waals surface area contributed by atoms with Gasteiger partial charge in [0.2, 0.25) is 0 Å². The average Bonchev–Trinajstić information content (AvgIpc) is 3.03. The second-order valence-electron chi connectivity index (χ2n) is 7.77. The summed E-state index contributed by atoms with van der Waals surface area (Å²) in [5.74, 6) is -1.98. The minimum absolute atomic E-state index is 0.0115. The Morgan fingerprint density at radius 2 is 1.78 bits per heavy atom. The van der Waals surface area contributed by atoms with Gasteiger partial charge in [-0.05, 0) is 63.0 Å². The zero-order chi connectivity index (χ0) is 23.4. The summed E-state index contributed by atoms with van der Waals surface area (Å²) in [5, 5.41) is 11.0. The van der Waals surface area contributed by atoms with Crippen molar-refractivity contribution in [2.24, 2.45) is 0 Å². The molecular weight excluding hydrogens is 415 g/mol. The Labute approximate surface area is 186 Å². The number of hydrogen-bond acceptors (Lipinski definition) is 6. The van der Waals surface area contributed by atoms with Crippen molar-refractivity contribution in [3.8, 4) is 11.5 Å². The summed E-state index contributed by atoms with van der Waals surface area (Å²) < 4.78 is 24.4. The number of rotatable bonds is 8. The van der Waals surface area contributed by atoms with E-state index in [1.54, 1.807) is 31.4 Å². The van der Waals surface area contributed by atoms with Gasteiger partial charge >= 0.3 is 0 Å². The van der Waals surface area contributed by atoms with Gasteiger partial charge in [-0.15, -0.1) is 0 Å². The van der Waals surface area contributed by atoms with Gasteiger partial charge < -0.3 is 24.4 Å². The fraction of sp³-hybridized carbons (Fsp3) is 0.333. The number of hydrogen-bond donors (Lipinski definition) is 1. The molecule has 0 aromatic heterocycles. The number of amides is 1. The normalized spacial score (nSPS) is 17.8. The lowest BCUT2D eigenvalue weighted by molar-refractivity contribution is -0.139. The number of carbonyl (C=O) groups excluding carboxylic acids is 2. The van der Waals surface area contributed by atoms with E-state index in [9.17, 15) is 19.1 Å². The molecule has 170 valence electrons. The molecule has 1 fully saturated rings. The molecule has 3 rings (SSSR count). The van der Waals surface area contributed by atoms with Gasteiger partial charge in [0, 0.05) is 12.1 Å². The van der Waals surface area contributed by atoms with E-state index in [0.29, 0.717) is 24.3 Å². The van der Waals surface area contributed by atoms with Gasteiger partial charge in [0.15, 0.2) is 11.6 Å². The largest absolute Gasteiger partial charge is 0.507 e. The minimum Gasteiger partial charge on any atom is -0.507 e. The van der Waals surface area contributed by atoms with Crippen LogP contribution in [0.5, 0.6) is 11.5 Å². The summed E-state index contributed by atoms with van der Waals surface area (Å²) in [6, 6.07) is 10.0. The molecule has 0 aliphatic carbocycles. The van der Waals surface area contributed by atoms with Crippen LogP contribution in [0.15, 0.2) is 48.0 Å². The lowest BCUT2D eigenvalue weighted by Crippen LogP contribution is -2.32. The van der Waals surface area contributed by atoms with Gasteiger partial charge in [0.05, 0.1) is 25.8 Å². The fourth-order valence-corrected chi connectivity index (χ4v) is 3.77. The van der Waals surface area contributed by atoms with Crippen molar-refractivity contribution in [1.82, 2.24) is 9.80 Å². The molecule has 2 aromatic carbocycles. The number of nitrogens with zero attached hydrogens (tertiary/aromatic N) is 2. The molecule has 8 heteroatoms. The van der Waals surface area contributed by atoms with Crippen LogP contribution < -0.4 is 9.47 Å². The van der Waals surface area contributed by atoms with Gasteiger partial charge in [0.1, 0.15) is 11.5 Å². The van der Waals surface area contributed by atoms with E-state index in [2.05, 4.69) is 0 Å². The van der Waals surface area contributed by atoms with Crippen molar-refractivity contribution in [3.63, 3.8) is 0 Å². The Kier molecular flexibility index (Phi) is 7.15. The SMILES string of the molecule is COc1ccc(C2C(=C(O)c3ccc(OC)c(F)c3)C(=O)C(=O)N2CCCN(C)C)cc1. The molecule has 7 nitrogen and oxygen atoms in total. The van der Waals surface area contributed by atoms with Crippen molar-refractivity contribution in [2.45, 2.75) is 12.5 Å². The second kappa shape index (κ2) is 9.82. The smallest absolute Gasteiger partial charge is 0.295 e. The molecule has 32 heavy (non-hydrogen) atoms. The molecule has 0 radical (unpaired) electrons. The van der Waals surface area contributed by atoms with Crippen LogP contribution in [0, 0.1) is 5.82 Å². The maximum absolute atomic E-state index is 14.3. The Bertz CT molecular complexity index is 1030. The number of carbonyl (C=O) groups is 2. The Hall–Kier alpha value is -3.39. The summed E-state index contributed by atoms with van der Waals surface area (Å²) in [7, 11) is 6.72. The number of aliphatic hydroxyl groups is 1. The first kappa shape index (κ1) is 23.3. The van der Waals surface area contributed by atoms with Gasteiger partial charge in [0.25, 0.3) is 11.7 Å². The number of halogens is 1. The number of likely N-dealkylation sites (tertiary alicyclic amines) is 1. The maximum atomic E-state index is 14.3. The lowest BCUT2D eigenvalue weighted by atomic mass is 9.95. The minimum atomic E-state index is -0.801. The molecule has 2 aromatic rings. The highest BCUT2D eigenvalue weighted by molar-refractivity contribution is 6.46. The maximum Gasteiger partial charge on any atom is 0.295 e. The first-order valence-electron chi connectivity index (χ1n) is 10.2. The molecule has 1 aliphatic heterocycles. The standard InChI is InChI=1S/C24H27FN2O5/c1-26(2)12-5-13-27-21(15-6-9-17(31-3)10-7-15)20(23(29)24(27)30)22(28)16-8-11-19(32-4)18(25)14-16/h6-11,14,21,28H,5,12-13H2,1-4H3. The van der Waals surface area contributed by atoms with Crippen LogP contribution in [-0.4, -0.2) is 68.0 Å². The van der Waals surface area contributed by atoms with Crippen LogP contribution in [0.2, 0.25) is 0 Å². The molecule has 1 amide bonds. The van der Waals surface area contributed by atoms with E-state index in [0.717, 1.165) is 12.6 Å². The van der Waals surface area contributed by atoms with E-state index >= 15 is 0 Å². The molecule has 1 N–H and O–H groups in total. The van der Waals surface area contributed by atoms with E-state index < -0.39 is 29.3 Å². The van der Waals surface area contributed by atoms with Crippen molar-refractivity contribution in [1.29, 1.82) is 0 Å². The van der Waals surface area contributed by atoms with Crippen molar-refractivity contribution < 1.29 is 28.6 Å². The topological polar surface area (TPSA) is 79.3 Å². The zero-order valence-electron chi connectivity index (χ0n) is 18.6. The number of methoxy groups -OCH3 is 2. The van der Waals surface area contributed by atoms with E-state index in [4.69, 9.17) is 9.47 Å². The summed E-state index contributed by atoms with van der Waals surface area (Å²) >= 11 is 0. The summed E-state index contributed by atoms with van der Waals surface area (Å²) in [6.07, 6.45) is 0.643. The summed E-state index contributed by atoms with van der Waals surface area (Å²) in [4.78, 5) is 29.3. The van der Waals surface area contributed by atoms with Crippen LogP contribution in [0.4, 0.5) is 4.39 Å². The van der Waals surface area contributed by atoms with E-state index in [-0.39, 0.29) is 16.9 Å². The van der Waals surface area contributed by atoms with Crippen LogP contribution in [0.25, 0.3) is 5.76 Å². The van der Waals surface area contributed by atoms with Crippen molar-refractivity contribution in [3.05, 3.63) is 65.0 Å². The van der Waals surface area contributed by atoms with Gasteiger partial charge in [-0.3, -0.25) is 9.59 Å². The highest BCUT2D eigenvalue weighted by Crippen LogP contribution is 2.40. The Morgan fingerprint density at radius 1 is 1.09 bits per heavy atom. The molecule has 1 heterocycles.